The normalized spacial score (nSPS) is 10.4. The highest BCUT2D eigenvalue weighted by Gasteiger charge is 2.06. The summed E-state index contributed by atoms with van der Waals surface area (Å²) < 4.78 is 11.8. The third-order valence-corrected chi connectivity index (χ3v) is 4.74. The average molecular weight is 443 g/mol. The van der Waals surface area contributed by atoms with Crippen LogP contribution in [0, 0.1) is 10.1 Å². The molecule has 0 unspecified atom stereocenters. The van der Waals surface area contributed by atoms with E-state index in [9.17, 15) is 10.1 Å². The van der Waals surface area contributed by atoms with E-state index in [1.165, 1.54) is 12.1 Å². The molecule has 0 aliphatic heterocycles. The molecule has 0 saturated heterocycles. The highest BCUT2D eigenvalue weighted by molar-refractivity contribution is 9.10. The lowest BCUT2D eigenvalue weighted by Crippen LogP contribution is -2.01. The number of hydrogen-bond acceptors (Lipinski definition) is 5. The second kappa shape index (κ2) is 9.23. The van der Waals surface area contributed by atoms with E-state index in [2.05, 4.69) is 21.2 Å². The average Bonchev–Trinajstić information content (AvgIpc) is 2.72. The number of methoxy groups -OCH3 is 1. The molecule has 0 radical (unpaired) electrons. The van der Waals surface area contributed by atoms with Gasteiger partial charge in [0.05, 0.1) is 16.5 Å². The summed E-state index contributed by atoms with van der Waals surface area (Å²) in [7, 11) is 1.64. The summed E-state index contributed by atoms with van der Waals surface area (Å²) in [5, 5.41) is 14.1. The minimum absolute atomic E-state index is 0.0682. The number of nitro benzene ring substituents is 1. The molecule has 0 aliphatic rings. The Bertz CT molecular complexity index is 944. The maximum atomic E-state index is 10.7. The lowest BCUT2D eigenvalue weighted by Gasteiger charge is -2.11. The summed E-state index contributed by atoms with van der Waals surface area (Å²) in [6.07, 6.45) is 0. The third-order valence-electron chi connectivity index (χ3n) is 4.12. The Hall–Kier alpha value is -3.06. The lowest BCUT2D eigenvalue weighted by atomic mass is 10.2. The van der Waals surface area contributed by atoms with Gasteiger partial charge in [-0.2, -0.15) is 0 Å². The van der Waals surface area contributed by atoms with Gasteiger partial charge >= 0.3 is 0 Å². The SMILES string of the molecule is COc1ccc(NCc2ccc(OCc3ccc([N+](=O)[O-])cc3)c(Br)c2)cc1. The first-order valence-electron chi connectivity index (χ1n) is 8.57. The van der Waals surface area contributed by atoms with Gasteiger partial charge in [0.2, 0.25) is 0 Å². The number of nitrogens with zero attached hydrogens (tertiary/aromatic N) is 1. The van der Waals surface area contributed by atoms with E-state index < -0.39 is 4.92 Å². The topological polar surface area (TPSA) is 73.6 Å². The number of hydrogen-bond donors (Lipinski definition) is 1. The van der Waals surface area contributed by atoms with Crippen LogP contribution >= 0.6 is 15.9 Å². The predicted octanol–water partition coefficient (Wildman–Crippen LogP) is 5.56. The molecule has 0 atom stereocenters. The first-order valence-corrected chi connectivity index (χ1v) is 9.37. The Morgan fingerprint density at radius 3 is 2.29 bits per heavy atom. The number of ether oxygens (including phenoxy) is 2. The molecule has 0 fully saturated rings. The van der Waals surface area contributed by atoms with E-state index in [1.807, 2.05) is 42.5 Å². The van der Waals surface area contributed by atoms with Crippen molar-refractivity contribution in [3.05, 3.63) is 92.4 Å². The molecule has 3 aromatic carbocycles. The molecule has 0 spiro atoms. The van der Waals surface area contributed by atoms with Crippen LogP contribution in [-0.4, -0.2) is 12.0 Å². The fourth-order valence-electron chi connectivity index (χ4n) is 2.56. The van der Waals surface area contributed by atoms with E-state index in [1.54, 1.807) is 19.2 Å². The van der Waals surface area contributed by atoms with Crippen LogP contribution in [0.1, 0.15) is 11.1 Å². The lowest BCUT2D eigenvalue weighted by molar-refractivity contribution is -0.384. The minimum atomic E-state index is -0.417. The maximum absolute atomic E-state index is 10.7. The Balaban J connectivity index is 1.56. The van der Waals surface area contributed by atoms with Crippen LogP contribution in [0.5, 0.6) is 11.5 Å². The van der Waals surface area contributed by atoms with Gasteiger partial charge in [-0.05, 0) is 75.6 Å². The first kappa shape index (κ1) is 19.7. The number of halogens is 1. The van der Waals surface area contributed by atoms with Crippen LogP contribution in [0.2, 0.25) is 0 Å². The molecule has 3 rings (SSSR count). The van der Waals surface area contributed by atoms with Crippen molar-refractivity contribution in [2.24, 2.45) is 0 Å². The van der Waals surface area contributed by atoms with Crippen LogP contribution in [-0.2, 0) is 13.2 Å². The maximum Gasteiger partial charge on any atom is 0.269 e. The molecular formula is C21H19BrN2O4. The fraction of sp³-hybridized carbons (Fsp3) is 0.143. The van der Waals surface area contributed by atoms with Gasteiger partial charge in [0.1, 0.15) is 18.1 Å². The van der Waals surface area contributed by atoms with Gasteiger partial charge < -0.3 is 14.8 Å². The molecular weight excluding hydrogens is 424 g/mol. The Labute approximate surface area is 171 Å². The summed E-state index contributed by atoms with van der Waals surface area (Å²) in [5.41, 5.74) is 3.04. The van der Waals surface area contributed by atoms with Gasteiger partial charge in [0.25, 0.3) is 5.69 Å². The summed E-state index contributed by atoms with van der Waals surface area (Å²) in [4.78, 5) is 10.3. The van der Waals surface area contributed by atoms with Crippen LogP contribution in [0.3, 0.4) is 0 Å². The number of anilines is 1. The van der Waals surface area contributed by atoms with Crippen LogP contribution in [0.15, 0.2) is 71.2 Å². The molecule has 144 valence electrons. The molecule has 0 heterocycles. The summed E-state index contributed by atoms with van der Waals surface area (Å²) >= 11 is 3.54. The standard InChI is InChI=1S/C21H19BrN2O4/c1-27-19-9-5-17(6-10-19)23-13-16-4-11-21(20(22)12-16)28-14-15-2-7-18(8-3-15)24(25)26/h2-12,23H,13-14H2,1H3. The number of rotatable bonds is 8. The van der Waals surface area contributed by atoms with Crippen LogP contribution < -0.4 is 14.8 Å². The number of non-ortho nitro benzene ring substituents is 1. The van der Waals surface area contributed by atoms with Crippen molar-refractivity contribution >= 4 is 27.3 Å². The van der Waals surface area contributed by atoms with Crippen molar-refractivity contribution in [1.82, 2.24) is 0 Å². The van der Waals surface area contributed by atoms with Crippen molar-refractivity contribution < 1.29 is 14.4 Å². The van der Waals surface area contributed by atoms with Crippen LogP contribution in [0.4, 0.5) is 11.4 Å². The predicted molar refractivity (Wildman–Crippen MR) is 112 cm³/mol. The van der Waals surface area contributed by atoms with Gasteiger partial charge in [-0.25, -0.2) is 0 Å². The molecule has 6 nitrogen and oxygen atoms in total. The second-order valence-electron chi connectivity index (χ2n) is 6.06. The highest BCUT2D eigenvalue weighted by atomic mass is 79.9. The Morgan fingerprint density at radius 1 is 1.00 bits per heavy atom. The summed E-state index contributed by atoms with van der Waals surface area (Å²) in [5.74, 6) is 1.54. The van der Waals surface area contributed by atoms with Crippen molar-refractivity contribution in [2.75, 3.05) is 12.4 Å². The number of benzene rings is 3. The van der Waals surface area contributed by atoms with E-state index in [-0.39, 0.29) is 5.69 Å². The van der Waals surface area contributed by atoms with Gasteiger partial charge in [0, 0.05) is 24.4 Å². The molecule has 1 N–H and O–H groups in total. The van der Waals surface area contributed by atoms with Crippen molar-refractivity contribution in [3.8, 4) is 11.5 Å². The number of nitrogens with one attached hydrogen (secondary N) is 1. The molecule has 7 heteroatoms. The third kappa shape index (κ3) is 5.23. The van der Waals surface area contributed by atoms with E-state index >= 15 is 0 Å². The van der Waals surface area contributed by atoms with E-state index in [0.717, 1.165) is 27.0 Å². The number of nitro groups is 1. The Morgan fingerprint density at radius 2 is 1.68 bits per heavy atom. The smallest absolute Gasteiger partial charge is 0.269 e. The van der Waals surface area contributed by atoms with Crippen molar-refractivity contribution in [3.63, 3.8) is 0 Å². The van der Waals surface area contributed by atoms with Gasteiger partial charge in [-0.15, -0.1) is 0 Å². The van der Waals surface area contributed by atoms with Gasteiger partial charge in [0.15, 0.2) is 0 Å². The van der Waals surface area contributed by atoms with Crippen molar-refractivity contribution in [2.45, 2.75) is 13.2 Å². The van der Waals surface area contributed by atoms with Gasteiger partial charge in [-0.3, -0.25) is 10.1 Å². The molecule has 28 heavy (non-hydrogen) atoms. The van der Waals surface area contributed by atoms with E-state index in [0.29, 0.717) is 18.9 Å². The minimum Gasteiger partial charge on any atom is -0.497 e. The largest absolute Gasteiger partial charge is 0.497 e. The fourth-order valence-corrected chi connectivity index (χ4v) is 3.10. The second-order valence-corrected chi connectivity index (χ2v) is 6.91. The van der Waals surface area contributed by atoms with Gasteiger partial charge in [-0.1, -0.05) is 6.07 Å². The molecule has 3 aromatic rings. The molecule has 0 aromatic heterocycles. The first-order chi connectivity index (χ1) is 13.5. The van der Waals surface area contributed by atoms with E-state index in [4.69, 9.17) is 9.47 Å². The van der Waals surface area contributed by atoms with Crippen molar-refractivity contribution in [1.29, 1.82) is 0 Å². The summed E-state index contributed by atoms with van der Waals surface area (Å²) in [6.45, 7) is 1.01. The molecule has 0 bridgehead atoms. The van der Waals surface area contributed by atoms with Crippen LogP contribution in [0.25, 0.3) is 0 Å². The molecule has 0 aliphatic carbocycles. The quantitative estimate of drug-likeness (QED) is 0.365. The monoisotopic (exact) mass is 442 g/mol. The zero-order valence-electron chi connectivity index (χ0n) is 15.2. The zero-order chi connectivity index (χ0) is 19.9. The zero-order valence-corrected chi connectivity index (χ0v) is 16.8. The Kier molecular flexibility index (Phi) is 6.49. The highest BCUT2D eigenvalue weighted by Crippen LogP contribution is 2.27. The molecule has 0 amide bonds. The molecule has 0 saturated carbocycles. The summed E-state index contributed by atoms with van der Waals surface area (Å²) in [6, 6.07) is 20.0.